The van der Waals surface area contributed by atoms with Gasteiger partial charge in [-0.2, -0.15) is 10.2 Å². The Morgan fingerprint density at radius 1 is 1.05 bits per heavy atom. The number of hydrogen-bond acceptors (Lipinski definition) is 5. The van der Waals surface area contributed by atoms with Crippen LogP contribution in [-0.2, 0) is 7.05 Å². The lowest BCUT2D eigenvalue weighted by atomic mass is 9.88. The number of amides is 1. The highest BCUT2D eigenvalue weighted by molar-refractivity contribution is 6.33. The summed E-state index contributed by atoms with van der Waals surface area (Å²) in [4.78, 5) is 18.2. The van der Waals surface area contributed by atoms with Gasteiger partial charge in [0.05, 0.1) is 23.0 Å². The third kappa shape index (κ3) is 5.45. The minimum atomic E-state index is -0.577. The number of halogens is 2. The second-order valence-electron chi connectivity index (χ2n) is 10.9. The number of carbonyl (C=O) groups is 1. The molecule has 5 aromatic rings. The maximum absolute atomic E-state index is 13.1. The van der Waals surface area contributed by atoms with E-state index in [0.29, 0.717) is 33.7 Å². The van der Waals surface area contributed by atoms with E-state index in [1.54, 1.807) is 16.9 Å². The predicted octanol–water partition coefficient (Wildman–Crippen LogP) is 7.19. The summed E-state index contributed by atoms with van der Waals surface area (Å²) in [6, 6.07) is 16.9. The first kappa shape index (κ1) is 27.1. The van der Waals surface area contributed by atoms with Crippen LogP contribution in [-0.4, -0.2) is 36.5 Å². The number of rotatable bonds is 5. The fourth-order valence-electron chi connectivity index (χ4n) is 5.16. The van der Waals surface area contributed by atoms with E-state index in [2.05, 4.69) is 20.6 Å². The molecule has 208 valence electrons. The van der Waals surface area contributed by atoms with E-state index < -0.39 is 5.60 Å². The third-order valence-corrected chi connectivity index (χ3v) is 7.69. The standard InChI is InChI=1S/C31H28Cl2N6O2/c1-17-11-26(38-37-17)29(40)35-27-14-31(2,3)41-30-24(27)13-23(18-5-8-21(32)9-6-18)28(36-30)22-10-7-19(12-25(22)33)20-15-34-39(4)16-20/h5-13,15-16,27H,14H2,1-4H3,(H,35,40)(H,37,38)/t27-/m1/s1. The zero-order valence-corrected chi connectivity index (χ0v) is 24.5. The van der Waals surface area contributed by atoms with Crippen LogP contribution in [0.5, 0.6) is 5.88 Å². The van der Waals surface area contributed by atoms with Gasteiger partial charge in [0, 0.05) is 52.6 Å². The molecule has 6 rings (SSSR count). The first-order chi connectivity index (χ1) is 19.6. The number of nitrogens with one attached hydrogen (secondary N) is 2. The lowest BCUT2D eigenvalue weighted by Crippen LogP contribution is -2.41. The molecule has 0 unspecified atom stereocenters. The molecule has 0 radical (unpaired) electrons. The Kier molecular flexibility index (Phi) is 6.83. The summed E-state index contributed by atoms with van der Waals surface area (Å²) >= 11 is 13.1. The number of nitrogens with zero attached hydrogens (tertiary/aromatic N) is 4. The van der Waals surface area contributed by atoms with Crippen molar-refractivity contribution in [1.29, 1.82) is 0 Å². The molecule has 2 aromatic carbocycles. The molecule has 2 N–H and O–H groups in total. The zero-order chi connectivity index (χ0) is 28.9. The molecule has 0 spiro atoms. The Hall–Kier alpha value is -4.14. The average molecular weight is 588 g/mol. The first-order valence-electron chi connectivity index (χ1n) is 13.2. The summed E-state index contributed by atoms with van der Waals surface area (Å²) < 4.78 is 8.14. The number of pyridine rings is 1. The van der Waals surface area contributed by atoms with Crippen LogP contribution in [0.25, 0.3) is 33.5 Å². The zero-order valence-electron chi connectivity index (χ0n) is 23.0. The predicted molar refractivity (Wildman–Crippen MR) is 160 cm³/mol. The maximum Gasteiger partial charge on any atom is 0.272 e. The van der Waals surface area contributed by atoms with Gasteiger partial charge < -0.3 is 10.1 Å². The third-order valence-electron chi connectivity index (χ3n) is 7.12. The summed E-state index contributed by atoms with van der Waals surface area (Å²) in [6.07, 6.45) is 4.30. The smallest absolute Gasteiger partial charge is 0.272 e. The normalized spacial score (nSPS) is 15.7. The highest BCUT2D eigenvalue weighted by Crippen LogP contribution is 2.45. The second-order valence-corrected chi connectivity index (χ2v) is 11.8. The van der Waals surface area contributed by atoms with Crippen molar-refractivity contribution in [3.8, 4) is 39.4 Å². The minimum Gasteiger partial charge on any atom is -0.471 e. The molecule has 0 bridgehead atoms. The number of benzene rings is 2. The van der Waals surface area contributed by atoms with E-state index in [9.17, 15) is 4.79 Å². The highest BCUT2D eigenvalue weighted by atomic mass is 35.5. The van der Waals surface area contributed by atoms with Crippen LogP contribution < -0.4 is 10.1 Å². The van der Waals surface area contributed by atoms with Crippen LogP contribution >= 0.6 is 23.2 Å². The second kappa shape index (κ2) is 10.4. The molecular formula is C31H28Cl2N6O2. The van der Waals surface area contributed by atoms with Crippen molar-refractivity contribution < 1.29 is 9.53 Å². The Morgan fingerprint density at radius 3 is 2.46 bits per heavy atom. The molecular weight excluding hydrogens is 559 g/mol. The molecule has 10 heteroatoms. The monoisotopic (exact) mass is 586 g/mol. The summed E-state index contributed by atoms with van der Waals surface area (Å²) in [5.41, 5.74) is 6.43. The van der Waals surface area contributed by atoms with Crippen molar-refractivity contribution in [2.45, 2.75) is 38.8 Å². The number of aromatic amines is 1. The van der Waals surface area contributed by atoms with E-state index in [-0.39, 0.29) is 11.9 Å². The van der Waals surface area contributed by atoms with Crippen LogP contribution in [0.1, 0.15) is 48.1 Å². The van der Waals surface area contributed by atoms with Crippen molar-refractivity contribution in [3.05, 3.63) is 94.0 Å². The minimum absolute atomic E-state index is 0.269. The van der Waals surface area contributed by atoms with Gasteiger partial charge in [-0.15, -0.1) is 0 Å². The van der Waals surface area contributed by atoms with E-state index >= 15 is 0 Å². The van der Waals surface area contributed by atoms with Crippen LogP contribution in [0.15, 0.2) is 67.0 Å². The first-order valence-corrected chi connectivity index (χ1v) is 13.9. The van der Waals surface area contributed by atoms with Gasteiger partial charge in [-0.1, -0.05) is 47.5 Å². The molecule has 8 nitrogen and oxygen atoms in total. The highest BCUT2D eigenvalue weighted by Gasteiger charge is 2.37. The largest absolute Gasteiger partial charge is 0.471 e. The van der Waals surface area contributed by atoms with Gasteiger partial charge in [0.25, 0.3) is 5.91 Å². The summed E-state index contributed by atoms with van der Waals surface area (Å²) in [5, 5.41) is 15.5. The molecule has 0 saturated carbocycles. The van der Waals surface area contributed by atoms with E-state index in [0.717, 1.165) is 39.1 Å². The van der Waals surface area contributed by atoms with Crippen molar-refractivity contribution in [3.63, 3.8) is 0 Å². The van der Waals surface area contributed by atoms with Crippen LogP contribution in [0.4, 0.5) is 0 Å². The fourth-order valence-corrected chi connectivity index (χ4v) is 5.55. The lowest BCUT2D eigenvalue weighted by Gasteiger charge is -2.37. The van der Waals surface area contributed by atoms with E-state index in [4.69, 9.17) is 32.9 Å². The molecule has 1 aliphatic rings. The van der Waals surface area contributed by atoms with Gasteiger partial charge >= 0.3 is 0 Å². The molecule has 1 atom stereocenters. The Labute approximate surface area is 247 Å². The number of hydrogen-bond donors (Lipinski definition) is 2. The number of aryl methyl sites for hydroxylation is 2. The van der Waals surface area contributed by atoms with Crippen molar-refractivity contribution in [2.75, 3.05) is 0 Å². The molecule has 0 fully saturated rings. The SMILES string of the molecule is Cc1cc(C(=O)N[C@@H]2CC(C)(C)Oc3nc(-c4ccc(-c5cnn(C)c5)cc4Cl)c(-c4ccc(Cl)cc4)cc32)n[nH]1. The number of carbonyl (C=O) groups excluding carboxylic acids is 1. The molecule has 41 heavy (non-hydrogen) atoms. The van der Waals surface area contributed by atoms with Gasteiger partial charge in [0.15, 0.2) is 0 Å². The van der Waals surface area contributed by atoms with Crippen molar-refractivity contribution in [1.82, 2.24) is 30.3 Å². The van der Waals surface area contributed by atoms with E-state index in [1.165, 1.54) is 0 Å². The Morgan fingerprint density at radius 2 is 1.80 bits per heavy atom. The van der Waals surface area contributed by atoms with E-state index in [1.807, 2.05) is 82.5 Å². The van der Waals surface area contributed by atoms with Gasteiger partial charge in [-0.25, -0.2) is 4.98 Å². The summed E-state index contributed by atoms with van der Waals surface area (Å²) in [5.74, 6) is 0.180. The number of aromatic nitrogens is 5. The lowest BCUT2D eigenvalue weighted by molar-refractivity contribution is 0.0571. The van der Waals surface area contributed by atoms with Gasteiger partial charge in [0.1, 0.15) is 11.3 Å². The van der Waals surface area contributed by atoms with Gasteiger partial charge in [0.2, 0.25) is 5.88 Å². The fraction of sp³-hybridized carbons (Fsp3) is 0.226. The van der Waals surface area contributed by atoms with Crippen LogP contribution in [0.2, 0.25) is 10.0 Å². The van der Waals surface area contributed by atoms with Crippen molar-refractivity contribution >= 4 is 29.1 Å². The number of H-pyrrole nitrogens is 1. The Balaban J connectivity index is 1.48. The van der Waals surface area contributed by atoms with Gasteiger partial charge in [-0.05, 0) is 62.2 Å². The maximum atomic E-state index is 13.1. The van der Waals surface area contributed by atoms with Crippen LogP contribution in [0, 0.1) is 6.92 Å². The summed E-state index contributed by atoms with van der Waals surface area (Å²) in [6.45, 7) is 5.82. The van der Waals surface area contributed by atoms with Crippen molar-refractivity contribution in [2.24, 2.45) is 7.05 Å². The average Bonchev–Trinajstić information content (AvgIpc) is 3.56. The molecule has 4 heterocycles. The molecule has 3 aromatic heterocycles. The number of fused-ring (bicyclic) bond motifs is 1. The molecule has 0 aliphatic carbocycles. The summed E-state index contributed by atoms with van der Waals surface area (Å²) in [7, 11) is 1.88. The topological polar surface area (TPSA) is 97.7 Å². The van der Waals surface area contributed by atoms with Crippen LogP contribution in [0.3, 0.4) is 0 Å². The van der Waals surface area contributed by atoms with Gasteiger partial charge in [-0.3, -0.25) is 14.6 Å². The molecule has 1 amide bonds. The Bertz CT molecular complexity index is 1770. The quantitative estimate of drug-likeness (QED) is 0.227. The molecule has 1 aliphatic heterocycles. The number of ether oxygens (including phenoxy) is 1. The molecule has 0 saturated heterocycles.